The zero-order chi connectivity index (χ0) is 14.4. The molecule has 0 aliphatic carbocycles. The predicted molar refractivity (Wildman–Crippen MR) is 82.2 cm³/mol. The second-order valence-corrected chi connectivity index (χ2v) is 5.25. The number of carbonyl (C=O) groups is 2. The van der Waals surface area contributed by atoms with Crippen molar-refractivity contribution in [2.24, 2.45) is 0 Å². The lowest BCUT2D eigenvalue weighted by Crippen LogP contribution is -2.41. The van der Waals surface area contributed by atoms with E-state index in [0.29, 0.717) is 18.4 Å². The van der Waals surface area contributed by atoms with E-state index in [-0.39, 0.29) is 5.91 Å². The van der Waals surface area contributed by atoms with Gasteiger partial charge < -0.3 is 10.4 Å². The summed E-state index contributed by atoms with van der Waals surface area (Å²) in [6.45, 7) is 5.46. The Morgan fingerprint density at radius 1 is 1.53 bits per heavy atom. The molecule has 0 aromatic heterocycles. The smallest absolute Gasteiger partial charge is 0.326 e. The van der Waals surface area contributed by atoms with Crippen LogP contribution in [0.2, 0.25) is 0 Å². The van der Waals surface area contributed by atoms with E-state index in [0.717, 1.165) is 9.13 Å². The molecule has 1 unspecified atom stereocenters. The van der Waals surface area contributed by atoms with Gasteiger partial charge in [-0.25, -0.2) is 4.79 Å². The largest absolute Gasteiger partial charge is 0.480 e. The molecule has 0 bridgehead atoms. The SMILES string of the molecule is C=CCCC(NC(=O)c1cccc(C)c1I)C(=O)O. The first-order valence-electron chi connectivity index (χ1n) is 5.87. The molecule has 102 valence electrons. The van der Waals surface area contributed by atoms with E-state index in [4.69, 9.17) is 5.11 Å². The fraction of sp³-hybridized carbons (Fsp3) is 0.286. The summed E-state index contributed by atoms with van der Waals surface area (Å²) in [6.07, 6.45) is 2.52. The van der Waals surface area contributed by atoms with Gasteiger partial charge in [0.15, 0.2) is 0 Å². The van der Waals surface area contributed by atoms with E-state index in [1.165, 1.54) is 0 Å². The summed E-state index contributed by atoms with van der Waals surface area (Å²) in [7, 11) is 0. The van der Waals surface area contributed by atoms with Crippen LogP contribution in [0.4, 0.5) is 0 Å². The molecule has 0 fully saturated rings. The maximum atomic E-state index is 12.1. The number of aryl methyl sites for hydroxylation is 1. The number of amides is 1. The third kappa shape index (κ3) is 4.34. The van der Waals surface area contributed by atoms with Crippen LogP contribution in [-0.2, 0) is 4.79 Å². The summed E-state index contributed by atoms with van der Waals surface area (Å²) in [5.74, 6) is -1.39. The molecule has 1 amide bonds. The number of aliphatic carboxylic acids is 1. The van der Waals surface area contributed by atoms with E-state index in [9.17, 15) is 9.59 Å². The average Bonchev–Trinajstić information content (AvgIpc) is 2.37. The summed E-state index contributed by atoms with van der Waals surface area (Å²) in [6, 6.07) is 4.50. The van der Waals surface area contributed by atoms with Crippen LogP contribution >= 0.6 is 22.6 Å². The Labute approximate surface area is 126 Å². The van der Waals surface area contributed by atoms with Gasteiger partial charge in [-0.3, -0.25) is 4.79 Å². The van der Waals surface area contributed by atoms with Crippen molar-refractivity contribution in [1.29, 1.82) is 0 Å². The van der Waals surface area contributed by atoms with Gasteiger partial charge in [-0.2, -0.15) is 0 Å². The second-order valence-electron chi connectivity index (χ2n) is 4.17. The quantitative estimate of drug-likeness (QED) is 0.595. The molecule has 0 spiro atoms. The molecule has 0 aliphatic rings. The van der Waals surface area contributed by atoms with E-state index in [1.54, 1.807) is 18.2 Å². The molecule has 0 saturated carbocycles. The molecule has 0 aliphatic heterocycles. The van der Waals surface area contributed by atoms with Crippen molar-refractivity contribution in [3.63, 3.8) is 0 Å². The van der Waals surface area contributed by atoms with Crippen molar-refractivity contribution >= 4 is 34.5 Å². The highest BCUT2D eigenvalue weighted by molar-refractivity contribution is 14.1. The number of halogens is 1. The zero-order valence-corrected chi connectivity index (χ0v) is 12.8. The Balaban J connectivity index is 2.84. The van der Waals surface area contributed by atoms with Gasteiger partial charge in [0.1, 0.15) is 6.04 Å². The van der Waals surface area contributed by atoms with Crippen molar-refractivity contribution in [1.82, 2.24) is 5.32 Å². The number of carboxylic acid groups (broad SMARTS) is 1. The summed E-state index contributed by atoms with van der Waals surface area (Å²) in [4.78, 5) is 23.2. The number of rotatable bonds is 6. The first kappa shape index (κ1) is 15.7. The number of nitrogens with one attached hydrogen (secondary N) is 1. The van der Waals surface area contributed by atoms with Gasteiger partial charge in [0.05, 0.1) is 5.56 Å². The third-order valence-electron chi connectivity index (χ3n) is 2.70. The Morgan fingerprint density at radius 3 is 2.79 bits per heavy atom. The van der Waals surface area contributed by atoms with Crippen LogP contribution in [0, 0.1) is 10.5 Å². The third-order valence-corrected chi connectivity index (χ3v) is 4.13. The Hall–Kier alpha value is -1.37. The van der Waals surface area contributed by atoms with Gasteiger partial charge in [0.25, 0.3) is 5.91 Å². The van der Waals surface area contributed by atoms with Gasteiger partial charge >= 0.3 is 5.97 Å². The predicted octanol–water partition coefficient (Wildman–Crippen LogP) is 2.75. The first-order valence-corrected chi connectivity index (χ1v) is 6.95. The van der Waals surface area contributed by atoms with Crippen LogP contribution < -0.4 is 5.32 Å². The lowest BCUT2D eigenvalue weighted by molar-refractivity contribution is -0.139. The van der Waals surface area contributed by atoms with Crippen molar-refractivity contribution in [2.75, 3.05) is 0 Å². The van der Waals surface area contributed by atoms with Crippen molar-refractivity contribution in [2.45, 2.75) is 25.8 Å². The minimum Gasteiger partial charge on any atom is -0.480 e. The Bertz CT molecular complexity index is 499. The number of carboxylic acids is 1. The number of hydrogen-bond acceptors (Lipinski definition) is 2. The summed E-state index contributed by atoms with van der Waals surface area (Å²) in [5.41, 5.74) is 1.50. The molecule has 5 heteroatoms. The fourth-order valence-corrected chi connectivity index (χ4v) is 2.21. The van der Waals surface area contributed by atoms with Crippen molar-refractivity contribution < 1.29 is 14.7 Å². The standard InChI is InChI=1S/C14H16INO3/c1-3-4-8-11(14(18)19)16-13(17)10-7-5-6-9(2)12(10)15/h3,5-7,11H,1,4,8H2,2H3,(H,16,17)(H,18,19). The number of allylic oxidation sites excluding steroid dienone is 1. The van der Waals surface area contributed by atoms with E-state index in [1.807, 2.05) is 13.0 Å². The molecule has 1 aromatic carbocycles. The topological polar surface area (TPSA) is 66.4 Å². The van der Waals surface area contributed by atoms with Crippen molar-refractivity contribution in [3.8, 4) is 0 Å². The van der Waals surface area contributed by atoms with Crippen LogP contribution in [0.1, 0.15) is 28.8 Å². The highest BCUT2D eigenvalue weighted by atomic mass is 127. The Morgan fingerprint density at radius 2 is 2.21 bits per heavy atom. The molecule has 4 nitrogen and oxygen atoms in total. The highest BCUT2D eigenvalue weighted by Gasteiger charge is 2.21. The molecule has 0 heterocycles. The molecular formula is C14H16INO3. The molecule has 1 aromatic rings. The minimum atomic E-state index is -1.03. The molecular weight excluding hydrogens is 357 g/mol. The molecule has 1 atom stereocenters. The second kappa shape index (κ2) is 7.28. The maximum Gasteiger partial charge on any atom is 0.326 e. The van der Waals surface area contributed by atoms with Crippen molar-refractivity contribution in [3.05, 3.63) is 45.6 Å². The summed E-state index contributed by atoms with van der Waals surface area (Å²) in [5, 5.41) is 11.6. The number of benzene rings is 1. The first-order chi connectivity index (χ1) is 8.97. The van der Waals surface area contributed by atoms with Crippen LogP contribution in [-0.4, -0.2) is 23.0 Å². The number of carbonyl (C=O) groups excluding carboxylic acids is 1. The zero-order valence-electron chi connectivity index (χ0n) is 10.6. The fourth-order valence-electron chi connectivity index (χ4n) is 1.60. The lowest BCUT2D eigenvalue weighted by atomic mass is 10.1. The average molecular weight is 373 g/mol. The summed E-state index contributed by atoms with van der Waals surface area (Å²) < 4.78 is 0.838. The highest BCUT2D eigenvalue weighted by Crippen LogP contribution is 2.16. The minimum absolute atomic E-state index is 0.340. The van der Waals surface area contributed by atoms with Crippen LogP contribution in [0.5, 0.6) is 0 Å². The number of hydrogen-bond donors (Lipinski definition) is 2. The molecule has 0 radical (unpaired) electrons. The molecule has 2 N–H and O–H groups in total. The van der Waals surface area contributed by atoms with Gasteiger partial charge in [-0.1, -0.05) is 18.2 Å². The molecule has 1 rings (SSSR count). The van der Waals surface area contributed by atoms with E-state index < -0.39 is 12.0 Å². The van der Waals surface area contributed by atoms with E-state index in [2.05, 4.69) is 34.5 Å². The van der Waals surface area contributed by atoms with Gasteiger partial charge in [0, 0.05) is 3.57 Å². The van der Waals surface area contributed by atoms with E-state index >= 15 is 0 Å². The lowest BCUT2D eigenvalue weighted by Gasteiger charge is -2.14. The van der Waals surface area contributed by atoms with Crippen LogP contribution in [0.25, 0.3) is 0 Å². The maximum absolute atomic E-state index is 12.1. The molecule has 0 saturated heterocycles. The Kier molecular flexibility index (Phi) is 6.01. The van der Waals surface area contributed by atoms with Crippen LogP contribution in [0.3, 0.4) is 0 Å². The normalized spacial score (nSPS) is 11.7. The van der Waals surface area contributed by atoms with Gasteiger partial charge in [-0.15, -0.1) is 6.58 Å². The van der Waals surface area contributed by atoms with Crippen LogP contribution in [0.15, 0.2) is 30.9 Å². The van der Waals surface area contributed by atoms with Gasteiger partial charge in [-0.05, 0) is 54.0 Å². The molecule has 19 heavy (non-hydrogen) atoms. The monoisotopic (exact) mass is 373 g/mol. The van der Waals surface area contributed by atoms with Gasteiger partial charge in [0.2, 0.25) is 0 Å². The summed E-state index contributed by atoms with van der Waals surface area (Å²) >= 11 is 2.09.